The molecule has 8 heteroatoms. The molecule has 0 bridgehead atoms. The number of aryl methyl sites for hydroxylation is 1. The fraction of sp³-hybridized carbons (Fsp3) is 0.158. The van der Waals surface area contributed by atoms with Gasteiger partial charge < -0.3 is 10.1 Å². The van der Waals surface area contributed by atoms with Crippen LogP contribution in [0.3, 0.4) is 0 Å². The molecule has 0 saturated carbocycles. The quantitative estimate of drug-likeness (QED) is 0.511. The van der Waals surface area contributed by atoms with Crippen molar-refractivity contribution in [3.63, 3.8) is 0 Å². The summed E-state index contributed by atoms with van der Waals surface area (Å²) in [6.07, 6.45) is 0. The van der Waals surface area contributed by atoms with Crippen molar-refractivity contribution in [2.24, 2.45) is 0 Å². The van der Waals surface area contributed by atoms with Crippen molar-refractivity contribution in [3.05, 3.63) is 82.0 Å². The highest BCUT2D eigenvalue weighted by molar-refractivity contribution is 5.91. The molecular formula is C19H18N4O4. The number of nitro benzene ring substituents is 1. The van der Waals surface area contributed by atoms with Crippen LogP contribution >= 0.6 is 0 Å². The molecule has 0 atom stereocenters. The third-order valence-electron chi connectivity index (χ3n) is 3.74. The van der Waals surface area contributed by atoms with Gasteiger partial charge in [0, 0.05) is 12.1 Å². The maximum atomic E-state index is 12.2. The molecule has 0 unspecified atom stereocenters. The Labute approximate surface area is 155 Å². The number of carbonyl (C=O) groups is 1. The van der Waals surface area contributed by atoms with E-state index in [-0.39, 0.29) is 24.0 Å². The number of nitrogens with one attached hydrogen (secondary N) is 1. The molecule has 2 aromatic carbocycles. The predicted octanol–water partition coefficient (Wildman–Crippen LogP) is 3.17. The topological polar surface area (TPSA) is 99.3 Å². The van der Waals surface area contributed by atoms with Crippen LogP contribution < -0.4 is 10.1 Å². The van der Waals surface area contributed by atoms with Gasteiger partial charge >= 0.3 is 0 Å². The number of nitrogens with zero attached hydrogens (tertiary/aromatic N) is 3. The molecule has 0 saturated heterocycles. The first kappa shape index (κ1) is 18.1. The Kier molecular flexibility index (Phi) is 5.46. The zero-order chi connectivity index (χ0) is 19.2. The zero-order valence-corrected chi connectivity index (χ0v) is 14.7. The average molecular weight is 366 g/mol. The maximum Gasteiger partial charge on any atom is 0.273 e. The van der Waals surface area contributed by atoms with Crippen LogP contribution in [-0.4, -0.2) is 27.2 Å². The van der Waals surface area contributed by atoms with Gasteiger partial charge in [0.05, 0.1) is 23.2 Å². The highest BCUT2D eigenvalue weighted by atomic mass is 16.6. The minimum absolute atomic E-state index is 0.0931. The molecule has 1 N–H and O–H groups in total. The number of amides is 1. The smallest absolute Gasteiger partial charge is 0.273 e. The predicted molar refractivity (Wildman–Crippen MR) is 99.7 cm³/mol. The summed E-state index contributed by atoms with van der Waals surface area (Å²) in [5, 5.41) is 17.9. The molecule has 0 aliphatic carbocycles. The van der Waals surface area contributed by atoms with E-state index in [1.165, 1.54) is 18.2 Å². The number of nitro groups is 1. The molecule has 0 radical (unpaired) electrons. The van der Waals surface area contributed by atoms with Crippen molar-refractivity contribution in [1.82, 2.24) is 9.78 Å². The van der Waals surface area contributed by atoms with E-state index >= 15 is 0 Å². The first-order valence-corrected chi connectivity index (χ1v) is 8.27. The standard InChI is InChI=1S/C19H18N4O4/c1-14-10-18(22(21-14)12-15-6-3-2-4-7-15)20-19(24)13-27-17-9-5-8-16(11-17)23(25)26/h2-11H,12-13H2,1H3,(H,20,24). The van der Waals surface area contributed by atoms with Gasteiger partial charge in [0.2, 0.25) is 0 Å². The third kappa shape index (κ3) is 4.91. The van der Waals surface area contributed by atoms with Crippen LogP contribution in [0.1, 0.15) is 11.3 Å². The zero-order valence-electron chi connectivity index (χ0n) is 14.7. The van der Waals surface area contributed by atoms with E-state index in [9.17, 15) is 14.9 Å². The van der Waals surface area contributed by atoms with Gasteiger partial charge in [-0.15, -0.1) is 0 Å². The Morgan fingerprint density at radius 1 is 1.19 bits per heavy atom. The molecule has 27 heavy (non-hydrogen) atoms. The lowest BCUT2D eigenvalue weighted by molar-refractivity contribution is -0.384. The van der Waals surface area contributed by atoms with Crippen LogP contribution in [0.4, 0.5) is 11.5 Å². The minimum Gasteiger partial charge on any atom is -0.484 e. The van der Waals surface area contributed by atoms with E-state index in [1.54, 1.807) is 16.8 Å². The number of anilines is 1. The van der Waals surface area contributed by atoms with Crippen LogP contribution in [0.2, 0.25) is 0 Å². The molecule has 1 amide bonds. The largest absolute Gasteiger partial charge is 0.484 e. The number of non-ortho nitro benzene ring substituents is 1. The second kappa shape index (κ2) is 8.13. The summed E-state index contributed by atoms with van der Waals surface area (Å²) in [4.78, 5) is 22.5. The van der Waals surface area contributed by atoms with Crippen LogP contribution in [-0.2, 0) is 11.3 Å². The maximum absolute atomic E-state index is 12.2. The molecule has 0 aliphatic heterocycles. The lowest BCUT2D eigenvalue weighted by Gasteiger charge is -2.10. The summed E-state index contributed by atoms with van der Waals surface area (Å²) in [7, 11) is 0. The lowest BCUT2D eigenvalue weighted by atomic mass is 10.2. The van der Waals surface area contributed by atoms with E-state index in [0.29, 0.717) is 12.4 Å². The van der Waals surface area contributed by atoms with Gasteiger partial charge in [-0.25, -0.2) is 4.68 Å². The molecule has 3 rings (SSSR count). The Morgan fingerprint density at radius 2 is 1.96 bits per heavy atom. The van der Waals surface area contributed by atoms with E-state index in [1.807, 2.05) is 37.3 Å². The summed E-state index contributed by atoms with van der Waals surface area (Å²) in [5.74, 6) is 0.438. The monoisotopic (exact) mass is 366 g/mol. The number of aromatic nitrogens is 2. The molecule has 0 aliphatic rings. The number of hydrogen-bond donors (Lipinski definition) is 1. The van der Waals surface area contributed by atoms with Crippen molar-refractivity contribution in [3.8, 4) is 5.75 Å². The first-order valence-electron chi connectivity index (χ1n) is 8.27. The van der Waals surface area contributed by atoms with Gasteiger partial charge in [0.1, 0.15) is 11.6 Å². The van der Waals surface area contributed by atoms with Crippen molar-refractivity contribution < 1.29 is 14.5 Å². The number of benzene rings is 2. The fourth-order valence-corrected chi connectivity index (χ4v) is 2.54. The number of ether oxygens (including phenoxy) is 1. The second-order valence-electron chi connectivity index (χ2n) is 5.91. The van der Waals surface area contributed by atoms with Crippen molar-refractivity contribution in [1.29, 1.82) is 0 Å². The summed E-state index contributed by atoms with van der Waals surface area (Å²) < 4.78 is 7.05. The number of hydrogen-bond acceptors (Lipinski definition) is 5. The number of carbonyl (C=O) groups excluding carboxylic acids is 1. The van der Waals surface area contributed by atoms with E-state index < -0.39 is 4.92 Å². The summed E-state index contributed by atoms with van der Waals surface area (Å²) in [6.45, 7) is 2.10. The highest BCUT2D eigenvalue weighted by Crippen LogP contribution is 2.19. The van der Waals surface area contributed by atoms with Gasteiger partial charge in [-0.1, -0.05) is 36.4 Å². The lowest BCUT2D eigenvalue weighted by Crippen LogP contribution is -2.22. The number of rotatable bonds is 7. The van der Waals surface area contributed by atoms with Crippen molar-refractivity contribution >= 4 is 17.4 Å². The highest BCUT2D eigenvalue weighted by Gasteiger charge is 2.12. The fourth-order valence-electron chi connectivity index (χ4n) is 2.54. The SMILES string of the molecule is Cc1cc(NC(=O)COc2cccc([N+](=O)[O-])c2)n(Cc2ccccc2)n1. The molecular weight excluding hydrogens is 348 g/mol. The molecule has 0 spiro atoms. The molecule has 138 valence electrons. The summed E-state index contributed by atoms with van der Waals surface area (Å²) in [6, 6.07) is 17.2. The Balaban J connectivity index is 1.63. The van der Waals surface area contributed by atoms with Crippen molar-refractivity contribution in [2.45, 2.75) is 13.5 Å². The second-order valence-corrected chi connectivity index (χ2v) is 5.91. The molecule has 3 aromatic rings. The van der Waals surface area contributed by atoms with Gasteiger partial charge in [-0.3, -0.25) is 14.9 Å². The summed E-state index contributed by atoms with van der Waals surface area (Å²) >= 11 is 0. The van der Waals surface area contributed by atoms with Crippen LogP contribution in [0.15, 0.2) is 60.7 Å². The van der Waals surface area contributed by atoms with Crippen LogP contribution in [0.5, 0.6) is 5.75 Å². The molecule has 1 aromatic heterocycles. The minimum atomic E-state index is -0.516. The normalized spacial score (nSPS) is 10.4. The molecule has 1 heterocycles. The molecule has 0 fully saturated rings. The van der Waals surface area contributed by atoms with Crippen LogP contribution in [0.25, 0.3) is 0 Å². The van der Waals surface area contributed by atoms with Gasteiger partial charge in [-0.05, 0) is 18.6 Å². The first-order chi connectivity index (χ1) is 13.0. The average Bonchev–Trinajstić information content (AvgIpc) is 3.00. The van der Waals surface area contributed by atoms with Crippen LogP contribution in [0, 0.1) is 17.0 Å². The third-order valence-corrected chi connectivity index (χ3v) is 3.74. The van der Waals surface area contributed by atoms with Crippen molar-refractivity contribution in [2.75, 3.05) is 11.9 Å². The van der Waals surface area contributed by atoms with Gasteiger partial charge in [-0.2, -0.15) is 5.10 Å². The molecule has 8 nitrogen and oxygen atoms in total. The Hall–Kier alpha value is -3.68. The van der Waals surface area contributed by atoms with E-state index in [2.05, 4.69) is 10.4 Å². The van der Waals surface area contributed by atoms with Gasteiger partial charge in [0.15, 0.2) is 6.61 Å². The van der Waals surface area contributed by atoms with E-state index in [4.69, 9.17) is 4.74 Å². The van der Waals surface area contributed by atoms with E-state index in [0.717, 1.165) is 11.3 Å². The Bertz CT molecular complexity index is 953. The van der Waals surface area contributed by atoms with Gasteiger partial charge in [0.25, 0.3) is 11.6 Å². The summed E-state index contributed by atoms with van der Waals surface area (Å²) in [5.41, 5.74) is 1.74. The Morgan fingerprint density at radius 3 is 2.70 bits per heavy atom.